The third-order valence-corrected chi connectivity index (χ3v) is 2.06. The Bertz CT molecular complexity index is 297. The van der Waals surface area contributed by atoms with Gasteiger partial charge in [0.15, 0.2) is 4.77 Å². The monoisotopic (exact) mass is 185 g/mol. The van der Waals surface area contributed by atoms with E-state index in [1.807, 2.05) is 0 Å². The molecule has 0 radical (unpaired) electrons. The molecule has 0 aliphatic heterocycles. The van der Waals surface area contributed by atoms with Crippen molar-refractivity contribution in [1.82, 2.24) is 14.8 Å². The second-order valence-corrected chi connectivity index (χ2v) is 3.55. The molecule has 4 heteroatoms. The zero-order valence-electron chi connectivity index (χ0n) is 7.79. The van der Waals surface area contributed by atoms with E-state index in [0.717, 1.165) is 23.4 Å². The van der Waals surface area contributed by atoms with Crippen molar-refractivity contribution in [2.24, 2.45) is 0 Å². The molecule has 1 aromatic rings. The minimum absolute atomic E-state index is 0.401. The molecule has 12 heavy (non-hydrogen) atoms. The van der Waals surface area contributed by atoms with Crippen LogP contribution in [0.25, 0.3) is 0 Å². The van der Waals surface area contributed by atoms with E-state index in [4.69, 9.17) is 12.2 Å². The highest BCUT2D eigenvalue weighted by Gasteiger charge is 2.06. The van der Waals surface area contributed by atoms with Gasteiger partial charge in [0.25, 0.3) is 0 Å². The lowest BCUT2D eigenvalue weighted by Gasteiger charge is -2.08. The summed E-state index contributed by atoms with van der Waals surface area (Å²) in [6, 6.07) is 0.401. The van der Waals surface area contributed by atoms with Gasteiger partial charge in [0.2, 0.25) is 0 Å². The highest BCUT2D eigenvalue weighted by Crippen LogP contribution is 2.09. The van der Waals surface area contributed by atoms with Crippen LogP contribution in [0.2, 0.25) is 0 Å². The summed E-state index contributed by atoms with van der Waals surface area (Å²) in [6.07, 6.45) is 2.09. The van der Waals surface area contributed by atoms with Gasteiger partial charge in [-0.15, -0.1) is 0 Å². The fraction of sp³-hybridized carbons (Fsp3) is 0.750. The molecule has 0 spiro atoms. The highest BCUT2D eigenvalue weighted by atomic mass is 32.1. The number of nitrogens with one attached hydrogen (secondary N) is 1. The molecule has 68 valence electrons. The Kier molecular flexibility index (Phi) is 3.03. The van der Waals surface area contributed by atoms with Crippen LogP contribution in [0.15, 0.2) is 0 Å². The second kappa shape index (κ2) is 3.85. The van der Waals surface area contributed by atoms with Gasteiger partial charge in [-0.05, 0) is 32.5 Å². The van der Waals surface area contributed by atoms with Gasteiger partial charge in [-0.2, -0.15) is 5.10 Å². The van der Waals surface area contributed by atoms with Crippen molar-refractivity contribution in [1.29, 1.82) is 0 Å². The van der Waals surface area contributed by atoms with E-state index in [0.29, 0.717) is 6.04 Å². The second-order valence-electron chi connectivity index (χ2n) is 3.16. The van der Waals surface area contributed by atoms with Gasteiger partial charge in [0.1, 0.15) is 5.82 Å². The van der Waals surface area contributed by atoms with Crippen LogP contribution in [0.5, 0.6) is 0 Å². The molecule has 1 rings (SSSR count). The summed E-state index contributed by atoms with van der Waals surface area (Å²) in [5.41, 5.74) is 0. The number of hydrogen-bond acceptors (Lipinski definition) is 2. The summed E-state index contributed by atoms with van der Waals surface area (Å²) >= 11 is 5.11. The number of aromatic amines is 1. The van der Waals surface area contributed by atoms with E-state index >= 15 is 0 Å². The molecule has 0 aliphatic rings. The molecule has 1 N–H and O–H groups in total. The summed E-state index contributed by atoms with van der Waals surface area (Å²) in [4.78, 5) is 0. The smallest absolute Gasteiger partial charge is 0.195 e. The predicted octanol–water partition coefficient (Wildman–Crippen LogP) is 2.47. The van der Waals surface area contributed by atoms with Gasteiger partial charge < -0.3 is 4.57 Å². The Morgan fingerprint density at radius 1 is 1.58 bits per heavy atom. The van der Waals surface area contributed by atoms with E-state index < -0.39 is 0 Å². The average molecular weight is 185 g/mol. The van der Waals surface area contributed by atoms with E-state index in [1.54, 1.807) is 0 Å². The summed E-state index contributed by atoms with van der Waals surface area (Å²) in [7, 11) is 0. The van der Waals surface area contributed by atoms with Gasteiger partial charge in [-0.25, -0.2) is 0 Å². The van der Waals surface area contributed by atoms with Crippen molar-refractivity contribution < 1.29 is 0 Å². The normalized spacial score (nSPS) is 11.0. The first-order chi connectivity index (χ1) is 5.66. The van der Waals surface area contributed by atoms with Crippen LogP contribution >= 0.6 is 12.2 Å². The number of aromatic nitrogens is 3. The molecule has 0 bridgehead atoms. The van der Waals surface area contributed by atoms with Crippen molar-refractivity contribution in [2.45, 2.75) is 39.7 Å². The van der Waals surface area contributed by atoms with Crippen LogP contribution in [0.3, 0.4) is 0 Å². The molecule has 0 atom stereocenters. The highest BCUT2D eigenvalue weighted by molar-refractivity contribution is 7.71. The number of nitrogens with zero attached hydrogens (tertiary/aromatic N) is 2. The van der Waals surface area contributed by atoms with Crippen molar-refractivity contribution in [2.75, 3.05) is 0 Å². The van der Waals surface area contributed by atoms with Crippen molar-refractivity contribution in [3.05, 3.63) is 10.6 Å². The lowest BCUT2D eigenvalue weighted by atomic mass is 10.3. The van der Waals surface area contributed by atoms with E-state index in [2.05, 4.69) is 35.5 Å². The lowest BCUT2D eigenvalue weighted by Crippen LogP contribution is -2.06. The van der Waals surface area contributed by atoms with Crippen molar-refractivity contribution >= 4 is 12.2 Å². The third kappa shape index (κ3) is 1.75. The van der Waals surface area contributed by atoms with E-state index in [-0.39, 0.29) is 0 Å². The van der Waals surface area contributed by atoms with Crippen LogP contribution in [0, 0.1) is 4.77 Å². The summed E-state index contributed by atoms with van der Waals surface area (Å²) < 4.78 is 2.80. The van der Waals surface area contributed by atoms with Crippen LogP contribution in [0.4, 0.5) is 0 Å². The molecular formula is C8H15N3S. The lowest BCUT2D eigenvalue weighted by molar-refractivity contribution is 0.558. The molecule has 0 aromatic carbocycles. The summed E-state index contributed by atoms with van der Waals surface area (Å²) in [6.45, 7) is 6.37. The van der Waals surface area contributed by atoms with Crippen LogP contribution in [-0.4, -0.2) is 14.8 Å². The number of aryl methyl sites for hydroxylation is 1. The van der Waals surface area contributed by atoms with Gasteiger partial charge in [-0.3, -0.25) is 5.10 Å². The van der Waals surface area contributed by atoms with Crippen LogP contribution < -0.4 is 0 Å². The standard InChI is InChI=1S/C8H15N3S/c1-4-5-7-9-10-8(12)11(7)6(2)3/h6H,4-5H2,1-3H3,(H,10,12). The first-order valence-corrected chi connectivity index (χ1v) is 4.73. The number of rotatable bonds is 3. The minimum Gasteiger partial charge on any atom is -0.302 e. The largest absolute Gasteiger partial charge is 0.302 e. The van der Waals surface area contributed by atoms with E-state index in [1.165, 1.54) is 0 Å². The first kappa shape index (κ1) is 9.45. The molecule has 3 nitrogen and oxygen atoms in total. The molecule has 0 amide bonds. The molecule has 0 fully saturated rings. The molecular weight excluding hydrogens is 170 g/mol. The van der Waals surface area contributed by atoms with Crippen molar-refractivity contribution in [3.8, 4) is 0 Å². The van der Waals surface area contributed by atoms with Crippen LogP contribution in [-0.2, 0) is 6.42 Å². The number of hydrogen-bond donors (Lipinski definition) is 1. The number of H-pyrrole nitrogens is 1. The Morgan fingerprint density at radius 2 is 2.25 bits per heavy atom. The molecule has 1 aromatic heterocycles. The fourth-order valence-electron chi connectivity index (χ4n) is 1.27. The molecule has 0 aliphatic carbocycles. The predicted molar refractivity (Wildman–Crippen MR) is 51.8 cm³/mol. The first-order valence-electron chi connectivity index (χ1n) is 4.32. The van der Waals surface area contributed by atoms with Gasteiger partial charge >= 0.3 is 0 Å². The Balaban J connectivity index is 3.04. The zero-order chi connectivity index (χ0) is 9.14. The van der Waals surface area contributed by atoms with Gasteiger partial charge in [0, 0.05) is 12.5 Å². The quantitative estimate of drug-likeness (QED) is 0.734. The summed E-state index contributed by atoms with van der Waals surface area (Å²) in [5.74, 6) is 1.07. The van der Waals surface area contributed by atoms with Gasteiger partial charge in [0.05, 0.1) is 0 Å². The fourth-order valence-corrected chi connectivity index (χ4v) is 1.63. The minimum atomic E-state index is 0.401. The summed E-state index contributed by atoms with van der Waals surface area (Å²) in [5, 5.41) is 6.99. The Hall–Kier alpha value is -0.640. The third-order valence-electron chi connectivity index (χ3n) is 1.77. The maximum Gasteiger partial charge on any atom is 0.195 e. The van der Waals surface area contributed by atoms with E-state index in [9.17, 15) is 0 Å². The maximum atomic E-state index is 5.11. The van der Waals surface area contributed by atoms with Crippen LogP contribution in [0.1, 0.15) is 39.1 Å². The molecule has 1 heterocycles. The SMILES string of the molecule is CCCc1n[nH]c(=S)n1C(C)C. The Morgan fingerprint density at radius 3 is 2.75 bits per heavy atom. The van der Waals surface area contributed by atoms with Crippen molar-refractivity contribution in [3.63, 3.8) is 0 Å². The maximum absolute atomic E-state index is 5.11. The Labute approximate surface area is 77.8 Å². The average Bonchev–Trinajstić information content (AvgIpc) is 2.32. The topological polar surface area (TPSA) is 33.6 Å². The molecule has 0 unspecified atom stereocenters. The molecule has 0 saturated carbocycles. The van der Waals surface area contributed by atoms with Gasteiger partial charge in [-0.1, -0.05) is 6.92 Å². The molecule has 0 saturated heterocycles. The zero-order valence-corrected chi connectivity index (χ0v) is 8.61.